The Morgan fingerprint density at radius 2 is 1.89 bits per heavy atom. The second kappa shape index (κ2) is 5.67. The average Bonchev–Trinajstić information content (AvgIpc) is 2.86. The Bertz CT molecular complexity index is 518. The third-order valence-corrected chi connectivity index (χ3v) is 3.04. The van der Waals surface area contributed by atoms with E-state index in [0.717, 1.165) is 17.7 Å². The third-order valence-electron chi connectivity index (χ3n) is 3.04. The molecule has 0 aliphatic heterocycles. The predicted molar refractivity (Wildman–Crippen MR) is 77.9 cm³/mol. The second-order valence-electron chi connectivity index (χ2n) is 4.76. The highest BCUT2D eigenvalue weighted by Gasteiger charge is 1.97. The quantitative estimate of drug-likeness (QED) is 0.706. The van der Waals surface area contributed by atoms with Crippen molar-refractivity contribution in [3.63, 3.8) is 0 Å². The van der Waals surface area contributed by atoms with Crippen LogP contribution in [0.4, 0.5) is 5.69 Å². The van der Waals surface area contributed by atoms with Crippen molar-refractivity contribution >= 4 is 11.9 Å². The van der Waals surface area contributed by atoms with Gasteiger partial charge >= 0.3 is 0 Å². The lowest BCUT2D eigenvalue weighted by Gasteiger charge is -2.04. The highest BCUT2D eigenvalue weighted by Crippen LogP contribution is 2.14. The van der Waals surface area contributed by atoms with Gasteiger partial charge < -0.3 is 4.57 Å². The van der Waals surface area contributed by atoms with Gasteiger partial charge in [0.25, 0.3) is 0 Å². The fourth-order valence-electron chi connectivity index (χ4n) is 1.79. The number of benzene rings is 1. The molecule has 0 fully saturated rings. The van der Waals surface area contributed by atoms with Gasteiger partial charge in [-0.2, -0.15) is 0 Å². The largest absolute Gasteiger partial charge is 0.351 e. The predicted octanol–water partition coefficient (Wildman–Crippen LogP) is 4.38. The van der Waals surface area contributed by atoms with Gasteiger partial charge in [0.1, 0.15) is 0 Å². The van der Waals surface area contributed by atoms with Gasteiger partial charge in [0, 0.05) is 30.2 Å². The molecule has 0 aliphatic carbocycles. The fourth-order valence-corrected chi connectivity index (χ4v) is 1.79. The minimum Gasteiger partial charge on any atom is -0.351 e. The molecule has 0 atom stereocenters. The topological polar surface area (TPSA) is 17.3 Å². The Morgan fingerprint density at radius 1 is 1.17 bits per heavy atom. The van der Waals surface area contributed by atoms with Gasteiger partial charge in [0.05, 0.1) is 5.69 Å². The standard InChI is InChI=1S/C16H20N2/c1-4-14-5-7-16(8-6-14)17-11-15-9-10-18(12-15)13(2)3/h5-13H,4H2,1-3H3. The Kier molecular flexibility index (Phi) is 3.98. The van der Waals surface area contributed by atoms with Gasteiger partial charge in [-0.1, -0.05) is 19.1 Å². The van der Waals surface area contributed by atoms with Crippen molar-refractivity contribution in [2.45, 2.75) is 33.2 Å². The molecule has 0 unspecified atom stereocenters. The summed E-state index contributed by atoms with van der Waals surface area (Å²) in [4.78, 5) is 4.49. The summed E-state index contributed by atoms with van der Waals surface area (Å²) in [5.74, 6) is 0. The molecule has 0 saturated carbocycles. The average molecular weight is 240 g/mol. The molecule has 0 aliphatic rings. The van der Waals surface area contributed by atoms with Crippen LogP contribution < -0.4 is 0 Å². The highest BCUT2D eigenvalue weighted by molar-refractivity contribution is 5.81. The number of aryl methyl sites for hydroxylation is 1. The van der Waals surface area contributed by atoms with Crippen molar-refractivity contribution in [3.05, 3.63) is 53.9 Å². The first-order chi connectivity index (χ1) is 8.69. The molecular weight excluding hydrogens is 220 g/mol. The monoisotopic (exact) mass is 240 g/mol. The number of nitrogens with zero attached hydrogens (tertiary/aromatic N) is 2. The van der Waals surface area contributed by atoms with E-state index in [2.05, 4.69) is 73.1 Å². The molecule has 2 heteroatoms. The van der Waals surface area contributed by atoms with Gasteiger partial charge in [-0.15, -0.1) is 0 Å². The Labute approximate surface area is 109 Å². The lowest BCUT2D eigenvalue weighted by Crippen LogP contribution is -1.95. The van der Waals surface area contributed by atoms with Crippen LogP contribution in [0.15, 0.2) is 47.7 Å². The first kappa shape index (κ1) is 12.6. The molecule has 1 heterocycles. The van der Waals surface area contributed by atoms with Crippen molar-refractivity contribution in [2.75, 3.05) is 0 Å². The first-order valence-electron chi connectivity index (χ1n) is 6.49. The molecule has 2 aromatic rings. The molecule has 0 bridgehead atoms. The molecule has 94 valence electrons. The maximum Gasteiger partial charge on any atom is 0.0630 e. The van der Waals surface area contributed by atoms with Crippen molar-refractivity contribution in [1.29, 1.82) is 0 Å². The van der Waals surface area contributed by atoms with Crippen LogP contribution >= 0.6 is 0 Å². The summed E-state index contributed by atoms with van der Waals surface area (Å²) in [7, 11) is 0. The van der Waals surface area contributed by atoms with E-state index in [-0.39, 0.29) is 0 Å². The molecule has 0 spiro atoms. The Hall–Kier alpha value is -1.83. The number of aliphatic imine (C=N–C) groups is 1. The fraction of sp³-hybridized carbons (Fsp3) is 0.312. The maximum absolute atomic E-state index is 4.49. The molecule has 0 N–H and O–H groups in total. The summed E-state index contributed by atoms with van der Waals surface area (Å²) in [5, 5.41) is 0. The summed E-state index contributed by atoms with van der Waals surface area (Å²) in [6, 6.07) is 11.0. The molecule has 0 amide bonds. The van der Waals surface area contributed by atoms with E-state index in [0.29, 0.717) is 6.04 Å². The minimum atomic E-state index is 0.496. The zero-order valence-electron chi connectivity index (χ0n) is 11.3. The van der Waals surface area contributed by atoms with Gasteiger partial charge in [-0.3, -0.25) is 4.99 Å². The van der Waals surface area contributed by atoms with Crippen LogP contribution in [0.1, 0.15) is 37.9 Å². The van der Waals surface area contributed by atoms with Crippen LogP contribution in [0, 0.1) is 0 Å². The van der Waals surface area contributed by atoms with Gasteiger partial charge in [0.2, 0.25) is 0 Å². The zero-order chi connectivity index (χ0) is 13.0. The van der Waals surface area contributed by atoms with E-state index < -0.39 is 0 Å². The van der Waals surface area contributed by atoms with Gasteiger partial charge in [-0.05, 0) is 44.0 Å². The molecule has 0 radical (unpaired) electrons. The van der Waals surface area contributed by atoms with Crippen LogP contribution in [0.25, 0.3) is 0 Å². The lowest BCUT2D eigenvalue weighted by molar-refractivity contribution is 0.603. The zero-order valence-corrected chi connectivity index (χ0v) is 11.3. The van der Waals surface area contributed by atoms with Crippen LogP contribution in [-0.2, 0) is 6.42 Å². The maximum atomic E-state index is 4.49. The number of hydrogen-bond donors (Lipinski definition) is 0. The second-order valence-corrected chi connectivity index (χ2v) is 4.76. The first-order valence-corrected chi connectivity index (χ1v) is 6.49. The number of rotatable bonds is 4. The summed E-state index contributed by atoms with van der Waals surface area (Å²) < 4.78 is 2.18. The summed E-state index contributed by atoms with van der Waals surface area (Å²) in [5.41, 5.74) is 3.49. The van der Waals surface area contributed by atoms with E-state index in [1.54, 1.807) is 0 Å². The van der Waals surface area contributed by atoms with Gasteiger partial charge in [-0.25, -0.2) is 0 Å². The molecule has 2 nitrogen and oxygen atoms in total. The van der Waals surface area contributed by atoms with Crippen molar-refractivity contribution in [2.24, 2.45) is 4.99 Å². The van der Waals surface area contributed by atoms with Crippen molar-refractivity contribution in [3.8, 4) is 0 Å². The van der Waals surface area contributed by atoms with Crippen molar-refractivity contribution < 1.29 is 0 Å². The molecule has 18 heavy (non-hydrogen) atoms. The minimum absolute atomic E-state index is 0.496. The molecule has 0 saturated heterocycles. The number of hydrogen-bond acceptors (Lipinski definition) is 1. The van der Waals surface area contributed by atoms with Crippen LogP contribution in [-0.4, -0.2) is 10.8 Å². The van der Waals surface area contributed by atoms with Crippen LogP contribution in [0.2, 0.25) is 0 Å². The van der Waals surface area contributed by atoms with Crippen molar-refractivity contribution in [1.82, 2.24) is 4.57 Å². The van der Waals surface area contributed by atoms with Crippen LogP contribution in [0.3, 0.4) is 0 Å². The van der Waals surface area contributed by atoms with E-state index in [9.17, 15) is 0 Å². The summed E-state index contributed by atoms with van der Waals surface area (Å²) in [6.07, 6.45) is 7.20. The highest BCUT2D eigenvalue weighted by atomic mass is 15.0. The third kappa shape index (κ3) is 3.10. The number of aromatic nitrogens is 1. The SMILES string of the molecule is CCc1ccc(N=Cc2ccn(C(C)C)c2)cc1. The van der Waals surface area contributed by atoms with Crippen LogP contribution in [0.5, 0.6) is 0 Å². The van der Waals surface area contributed by atoms with E-state index in [1.165, 1.54) is 5.56 Å². The van der Waals surface area contributed by atoms with E-state index in [1.807, 2.05) is 6.21 Å². The Morgan fingerprint density at radius 3 is 2.44 bits per heavy atom. The van der Waals surface area contributed by atoms with E-state index >= 15 is 0 Å². The van der Waals surface area contributed by atoms with Gasteiger partial charge in [0.15, 0.2) is 0 Å². The Balaban J connectivity index is 2.09. The summed E-state index contributed by atoms with van der Waals surface area (Å²) >= 11 is 0. The summed E-state index contributed by atoms with van der Waals surface area (Å²) in [6.45, 7) is 6.50. The van der Waals surface area contributed by atoms with E-state index in [4.69, 9.17) is 0 Å². The molecular formula is C16H20N2. The molecule has 2 rings (SSSR count). The smallest absolute Gasteiger partial charge is 0.0630 e. The lowest BCUT2D eigenvalue weighted by atomic mass is 10.1. The molecule has 1 aromatic heterocycles. The molecule has 1 aromatic carbocycles. The normalized spacial score (nSPS) is 11.6.